The predicted molar refractivity (Wildman–Crippen MR) is 69.1 cm³/mol. The van der Waals surface area contributed by atoms with Crippen LogP contribution in [0.5, 0.6) is 0 Å². The van der Waals surface area contributed by atoms with Crippen LogP contribution in [0, 0.1) is 5.92 Å². The van der Waals surface area contributed by atoms with Crippen LogP contribution in [0.15, 0.2) is 0 Å². The summed E-state index contributed by atoms with van der Waals surface area (Å²) in [7, 11) is 3.45. The summed E-state index contributed by atoms with van der Waals surface area (Å²) in [4.78, 5) is 0. The van der Waals surface area contributed by atoms with Gasteiger partial charge in [-0.05, 0) is 25.2 Å². The van der Waals surface area contributed by atoms with Gasteiger partial charge in [0.05, 0.1) is 11.7 Å². The number of ether oxygens (including phenoxy) is 2. The number of hydrogen-bond acceptors (Lipinski definition) is 3. The van der Waals surface area contributed by atoms with Gasteiger partial charge in [-0.25, -0.2) is 0 Å². The van der Waals surface area contributed by atoms with Crippen LogP contribution < -0.4 is 0 Å². The number of hydrogen-bond donors (Lipinski definition) is 1. The van der Waals surface area contributed by atoms with E-state index in [0.717, 1.165) is 19.3 Å². The quantitative estimate of drug-likeness (QED) is 0.730. The van der Waals surface area contributed by atoms with Gasteiger partial charge >= 0.3 is 0 Å². The molecule has 0 radical (unpaired) electrons. The first-order valence-corrected chi connectivity index (χ1v) is 6.88. The molecule has 0 bridgehead atoms. The van der Waals surface area contributed by atoms with Crippen molar-refractivity contribution < 1.29 is 14.6 Å². The molecule has 0 amide bonds. The van der Waals surface area contributed by atoms with Crippen LogP contribution in [-0.4, -0.2) is 37.6 Å². The Bertz CT molecular complexity index is 198. The Kier molecular flexibility index (Phi) is 6.45. The second kappa shape index (κ2) is 7.34. The molecule has 1 rings (SSSR count). The van der Waals surface area contributed by atoms with Gasteiger partial charge < -0.3 is 14.6 Å². The number of aliphatic hydroxyl groups excluding tert-OH is 1. The fourth-order valence-electron chi connectivity index (χ4n) is 2.93. The second-order valence-corrected chi connectivity index (χ2v) is 5.39. The molecule has 3 nitrogen and oxygen atoms in total. The summed E-state index contributed by atoms with van der Waals surface area (Å²) in [5, 5.41) is 10.6. The van der Waals surface area contributed by atoms with Gasteiger partial charge in [0, 0.05) is 20.8 Å². The third kappa shape index (κ3) is 3.94. The lowest BCUT2D eigenvalue weighted by molar-refractivity contribution is -0.132. The summed E-state index contributed by atoms with van der Waals surface area (Å²) in [6.45, 7) is 2.80. The van der Waals surface area contributed by atoms with Gasteiger partial charge in [-0.3, -0.25) is 0 Å². The van der Waals surface area contributed by atoms with Crippen molar-refractivity contribution in [3.8, 4) is 0 Å². The molecule has 1 aliphatic carbocycles. The van der Waals surface area contributed by atoms with Crippen molar-refractivity contribution in [2.45, 2.75) is 63.6 Å². The van der Waals surface area contributed by atoms with Crippen LogP contribution in [0.2, 0.25) is 0 Å². The molecule has 0 heterocycles. The minimum absolute atomic E-state index is 0.230. The summed E-state index contributed by atoms with van der Waals surface area (Å²) >= 11 is 0. The average molecular weight is 244 g/mol. The molecule has 3 heteroatoms. The molecular formula is C14H28O3. The van der Waals surface area contributed by atoms with E-state index in [1.807, 2.05) is 0 Å². The molecule has 2 atom stereocenters. The molecule has 0 aromatic rings. The Morgan fingerprint density at radius 3 is 2.18 bits per heavy atom. The second-order valence-electron chi connectivity index (χ2n) is 5.39. The molecule has 1 aliphatic rings. The van der Waals surface area contributed by atoms with E-state index in [0.29, 0.717) is 6.61 Å². The smallest absolute Gasteiger partial charge is 0.0939 e. The highest BCUT2D eigenvalue weighted by atomic mass is 16.5. The fourth-order valence-corrected chi connectivity index (χ4v) is 2.93. The Morgan fingerprint density at radius 2 is 1.71 bits per heavy atom. The standard InChI is InChI=1S/C14H28O3/c1-12(8-11-16-2)13(15)14(17-3)9-6-4-5-7-10-14/h12-13,15H,4-11H2,1-3H3. The van der Waals surface area contributed by atoms with Crippen LogP contribution in [0.3, 0.4) is 0 Å². The van der Waals surface area contributed by atoms with Crippen LogP contribution in [-0.2, 0) is 9.47 Å². The van der Waals surface area contributed by atoms with E-state index in [1.165, 1.54) is 25.7 Å². The van der Waals surface area contributed by atoms with Gasteiger partial charge in [0.1, 0.15) is 0 Å². The largest absolute Gasteiger partial charge is 0.390 e. The van der Waals surface area contributed by atoms with Crippen molar-refractivity contribution in [2.75, 3.05) is 20.8 Å². The molecule has 2 unspecified atom stereocenters. The van der Waals surface area contributed by atoms with Crippen LogP contribution >= 0.6 is 0 Å². The van der Waals surface area contributed by atoms with E-state index in [-0.39, 0.29) is 17.6 Å². The van der Waals surface area contributed by atoms with Gasteiger partial charge in [-0.15, -0.1) is 0 Å². The third-order valence-corrected chi connectivity index (χ3v) is 4.21. The van der Waals surface area contributed by atoms with Crippen molar-refractivity contribution in [1.29, 1.82) is 0 Å². The molecule has 102 valence electrons. The van der Waals surface area contributed by atoms with Gasteiger partial charge in [0.15, 0.2) is 0 Å². The highest BCUT2D eigenvalue weighted by Crippen LogP contribution is 2.36. The zero-order chi connectivity index (χ0) is 12.7. The summed E-state index contributed by atoms with van der Waals surface area (Å²) in [5.41, 5.74) is -0.316. The molecule has 1 N–H and O–H groups in total. The lowest BCUT2D eigenvalue weighted by Crippen LogP contribution is -2.47. The highest BCUT2D eigenvalue weighted by molar-refractivity contribution is 4.92. The van der Waals surface area contributed by atoms with E-state index >= 15 is 0 Å². The molecular weight excluding hydrogens is 216 g/mol. The minimum Gasteiger partial charge on any atom is -0.390 e. The van der Waals surface area contributed by atoms with E-state index < -0.39 is 0 Å². The van der Waals surface area contributed by atoms with E-state index in [9.17, 15) is 5.11 Å². The fraction of sp³-hybridized carbons (Fsp3) is 1.00. The molecule has 0 spiro atoms. The number of methoxy groups -OCH3 is 2. The Balaban J connectivity index is 2.62. The first-order chi connectivity index (χ1) is 8.16. The lowest BCUT2D eigenvalue weighted by atomic mass is 9.81. The maximum atomic E-state index is 10.6. The number of rotatable bonds is 6. The molecule has 17 heavy (non-hydrogen) atoms. The maximum absolute atomic E-state index is 10.6. The van der Waals surface area contributed by atoms with Gasteiger partial charge in [0.25, 0.3) is 0 Å². The third-order valence-electron chi connectivity index (χ3n) is 4.21. The average Bonchev–Trinajstić information content (AvgIpc) is 2.61. The molecule has 0 saturated heterocycles. The number of aliphatic hydroxyl groups is 1. The topological polar surface area (TPSA) is 38.7 Å². The van der Waals surface area contributed by atoms with E-state index in [2.05, 4.69) is 6.92 Å². The highest BCUT2D eigenvalue weighted by Gasteiger charge is 2.40. The summed E-state index contributed by atoms with van der Waals surface area (Å²) in [5.74, 6) is 0.230. The monoisotopic (exact) mass is 244 g/mol. The van der Waals surface area contributed by atoms with Crippen LogP contribution in [0.1, 0.15) is 51.9 Å². The normalized spacial score (nSPS) is 24.0. The van der Waals surface area contributed by atoms with E-state index in [4.69, 9.17) is 9.47 Å². The van der Waals surface area contributed by atoms with Crippen molar-refractivity contribution in [1.82, 2.24) is 0 Å². The van der Waals surface area contributed by atoms with Crippen molar-refractivity contribution in [2.24, 2.45) is 5.92 Å². The first-order valence-electron chi connectivity index (χ1n) is 6.88. The van der Waals surface area contributed by atoms with Crippen molar-refractivity contribution >= 4 is 0 Å². The van der Waals surface area contributed by atoms with E-state index in [1.54, 1.807) is 14.2 Å². The van der Waals surface area contributed by atoms with Gasteiger partial charge in [0.2, 0.25) is 0 Å². The summed E-state index contributed by atoms with van der Waals surface area (Å²) in [6.07, 6.45) is 7.37. The molecule has 0 aliphatic heterocycles. The lowest BCUT2D eigenvalue weighted by Gasteiger charge is -2.39. The molecule has 0 aromatic heterocycles. The van der Waals surface area contributed by atoms with Crippen molar-refractivity contribution in [3.63, 3.8) is 0 Å². The minimum atomic E-state index is -0.374. The Labute approximate surface area is 105 Å². The summed E-state index contributed by atoms with van der Waals surface area (Å²) in [6, 6.07) is 0. The van der Waals surface area contributed by atoms with Crippen LogP contribution in [0.25, 0.3) is 0 Å². The van der Waals surface area contributed by atoms with Crippen LogP contribution in [0.4, 0.5) is 0 Å². The molecule has 1 saturated carbocycles. The zero-order valence-corrected chi connectivity index (χ0v) is 11.6. The van der Waals surface area contributed by atoms with Crippen molar-refractivity contribution in [3.05, 3.63) is 0 Å². The molecule has 0 aromatic carbocycles. The first kappa shape index (κ1) is 14.9. The van der Waals surface area contributed by atoms with Gasteiger partial charge in [-0.1, -0.05) is 32.6 Å². The Morgan fingerprint density at radius 1 is 1.12 bits per heavy atom. The zero-order valence-electron chi connectivity index (χ0n) is 11.6. The summed E-state index contributed by atoms with van der Waals surface area (Å²) < 4.78 is 10.8. The predicted octanol–water partition coefficient (Wildman–Crippen LogP) is 2.76. The maximum Gasteiger partial charge on any atom is 0.0939 e. The Hall–Kier alpha value is -0.120. The SMILES string of the molecule is COCCC(C)C(O)C1(OC)CCCCCC1. The van der Waals surface area contributed by atoms with Gasteiger partial charge in [-0.2, -0.15) is 0 Å². The molecule has 1 fully saturated rings.